The van der Waals surface area contributed by atoms with Crippen LogP contribution in [0, 0.1) is 20.8 Å². The van der Waals surface area contributed by atoms with E-state index in [1.807, 2.05) is 26.8 Å². The smallest absolute Gasteiger partial charge is 0.126 e. The molecule has 0 bridgehead atoms. The minimum absolute atomic E-state index is 0.345. The number of aromatic hydroxyl groups is 1. The maximum absolute atomic E-state index is 11.0. The largest absolute Gasteiger partial charge is 0.507 e. The number of rotatable bonds is 2. The lowest BCUT2D eigenvalue weighted by molar-refractivity contribution is 0.470. The zero-order valence-corrected chi connectivity index (χ0v) is 18.7. The molecule has 1 aliphatic heterocycles. The number of fused-ring (bicyclic) bond motifs is 5. The van der Waals surface area contributed by atoms with Gasteiger partial charge in [0.15, 0.2) is 0 Å². The Morgan fingerprint density at radius 3 is 2.33 bits per heavy atom. The Morgan fingerprint density at radius 2 is 1.67 bits per heavy atom. The van der Waals surface area contributed by atoms with E-state index in [0.717, 1.165) is 38.9 Å². The van der Waals surface area contributed by atoms with Crippen LogP contribution in [0.2, 0.25) is 0 Å². The summed E-state index contributed by atoms with van der Waals surface area (Å²) in [5.41, 5.74) is 11.2. The summed E-state index contributed by atoms with van der Waals surface area (Å²) >= 11 is 0. The van der Waals surface area contributed by atoms with Gasteiger partial charge >= 0.3 is 0 Å². The molecule has 0 aliphatic carbocycles. The van der Waals surface area contributed by atoms with Crippen LogP contribution in [0.3, 0.4) is 0 Å². The highest BCUT2D eigenvalue weighted by molar-refractivity contribution is 6.13. The van der Waals surface area contributed by atoms with Crippen molar-refractivity contribution in [1.82, 2.24) is 0 Å². The van der Waals surface area contributed by atoms with Crippen molar-refractivity contribution < 1.29 is 5.11 Å². The normalized spacial score (nSPS) is 13.9. The number of anilines is 1. The van der Waals surface area contributed by atoms with Crippen LogP contribution in [0.25, 0.3) is 33.2 Å². The highest BCUT2D eigenvalue weighted by Crippen LogP contribution is 2.50. The Morgan fingerprint density at radius 1 is 0.967 bits per heavy atom. The van der Waals surface area contributed by atoms with Gasteiger partial charge in [0.25, 0.3) is 0 Å². The number of phenolic OH excluding ortho intramolecular Hbond substituents is 1. The Kier molecular flexibility index (Phi) is 4.82. The first-order valence-corrected chi connectivity index (χ1v) is 10.4. The average molecular weight is 396 g/mol. The maximum Gasteiger partial charge on any atom is 0.126 e. The Labute approximate surface area is 179 Å². The van der Waals surface area contributed by atoms with Crippen molar-refractivity contribution in [2.45, 2.75) is 34.6 Å². The minimum Gasteiger partial charge on any atom is -0.507 e. The molecule has 30 heavy (non-hydrogen) atoms. The van der Waals surface area contributed by atoms with E-state index in [1.54, 1.807) is 0 Å². The fraction of sp³-hybridized carbons (Fsp3) is 0.214. The Balaban J connectivity index is 2.15. The van der Waals surface area contributed by atoms with Gasteiger partial charge < -0.3 is 10.0 Å². The quantitative estimate of drug-likeness (QED) is 0.453. The molecule has 1 heterocycles. The van der Waals surface area contributed by atoms with Crippen molar-refractivity contribution in [2.75, 3.05) is 11.9 Å². The number of benzene rings is 3. The SMILES string of the molecule is C=C1c2c(ccc(C)c2C)-c2ccc3c(C(/C=C\C)=C/C)c(O)c(C)cc3c2N1C. The first-order chi connectivity index (χ1) is 14.3. The molecule has 3 aromatic carbocycles. The standard InChI is InChI=1S/C28H29NO/c1-8-10-20(9-2)26-22-13-14-23-21-12-11-16(3)18(5)25(21)19(6)29(7)27(23)24(22)15-17(4)28(26)30/h8-15,30H,6H2,1-5,7H3/b10-8-,20-9+. The van der Waals surface area contributed by atoms with Crippen molar-refractivity contribution in [3.63, 3.8) is 0 Å². The van der Waals surface area contributed by atoms with Crippen LogP contribution in [-0.2, 0) is 0 Å². The summed E-state index contributed by atoms with van der Waals surface area (Å²) in [6.07, 6.45) is 6.12. The van der Waals surface area contributed by atoms with Crippen molar-refractivity contribution in [3.8, 4) is 16.9 Å². The van der Waals surface area contributed by atoms with Crippen molar-refractivity contribution in [1.29, 1.82) is 0 Å². The predicted molar refractivity (Wildman–Crippen MR) is 131 cm³/mol. The van der Waals surface area contributed by atoms with Crippen LogP contribution in [0.1, 0.15) is 41.7 Å². The van der Waals surface area contributed by atoms with Crippen LogP contribution >= 0.6 is 0 Å². The fourth-order valence-corrected chi connectivity index (χ4v) is 4.67. The number of aryl methyl sites for hydroxylation is 2. The third kappa shape index (κ3) is 2.71. The van der Waals surface area contributed by atoms with E-state index in [2.05, 4.69) is 74.9 Å². The first kappa shape index (κ1) is 20.0. The molecule has 0 fully saturated rings. The van der Waals surface area contributed by atoms with Crippen LogP contribution in [0.15, 0.2) is 55.1 Å². The van der Waals surface area contributed by atoms with Crippen molar-refractivity contribution in [2.24, 2.45) is 0 Å². The molecule has 4 rings (SSSR count). The van der Waals surface area contributed by atoms with E-state index in [-0.39, 0.29) is 0 Å². The number of hydrogen-bond donors (Lipinski definition) is 1. The molecule has 0 saturated heterocycles. The van der Waals surface area contributed by atoms with E-state index in [9.17, 15) is 5.11 Å². The van der Waals surface area contributed by atoms with Gasteiger partial charge in [-0.1, -0.05) is 49.1 Å². The molecule has 0 saturated carbocycles. The van der Waals surface area contributed by atoms with Gasteiger partial charge in [-0.05, 0) is 73.9 Å². The van der Waals surface area contributed by atoms with Crippen LogP contribution in [-0.4, -0.2) is 12.2 Å². The van der Waals surface area contributed by atoms with Crippen LogP contribution in [0.4, 0.5) is 5.69 Å². The van der Waals surface area contributed by atoms with Gasteiger partial charge in [-0.3, -0.25) is 0 Å². The van der Waals surface area contributed by atoms with E-state index in [1.165, 1.54) is 27.8 Å². The van der Waals surface area contributed by atoms with Gasteiger partial charge in [-0.25, -0.2) is 0 Å². The molecule has 2 nitrogen and oxygen atoms in total. The highest BCUT2D eigenvalue weighted by Gasteiger charge is 2.28. The first-order valence-electron chi connectivity index (χ1n) is 10.4. The lowest BCUT2D eigenvalue weighted by Crippen LogP contribution is -2.21. The Bertz CT molecular complexity index is 1270. The lowest BCUT2D eigenvalue weighted by atomic mass is 9.84. The van der Waals surface area contributed by atoms with Gasteiger partial charge in [0, 0.05) is 34.8 Å². The number of allylic oxidation sites excluding steroid dienone is 4. The highest BCUT2D eigenvalue weighted by atomic mass is 16.3. The second-order valence-electron chi connectivity index (χ2n) is 8.15. The monoisotopic (exact) mass is 395 g/mol. The summed E-state index contributed by atoms with van der Waals surface area (Å²) < 4.78 is 0. The van der Waals surface area contributed by atoms with E-state index in [4.69, 9.17) is 0 Å². The molecule has 3 aromatic rings. The van der Waals surface area contributed by atoms with Gasteiger partial charge in [-0.2, -0.15) is 0 Å². The molecule has 152 valence electrons. The van der Waals surface area contributed by atoms with E-state index < -0.39 is 0 Å². The third-order valence-corrected chi connectivity index (χ3v) is 6.46. The number of phenols is 1. The van der Waals surface area contributed by atoms with Crippen molar-refractivity contribution >= 4 is 27.7 Å². The minimum atomic E-state index is 0.345. The predicted octanol–water partition coefficient (Wildman–Crippen LogP) is 7.54. The number of nitrogens with zero attached hydrogens (tertiary/aromatic N) is 1. The molecule has 0 amide bonds. The molecule has 2 heteroatoms. The molecule has 1 N–H and O–H groups in total. The summed E-state index contributed by atoms with van der Waals surface area (Å²) in [4.78, 5) is 2.21. The molecule has 0 aromatic heterocycles. The van der Waals surface area contributed by atoms with E-state index in [0.29, 0.717) is 5.75 Å². The van der Waals surface area contributed by atoms with Gasteiger partial charge in [0.1, 0.15) is 5.75 Å². The molecule has 0 radical (unpaired) electrons. The molecular weight excluding hydrogens is 366 g/mol. The molecule has 1 aliphatic rings. The Hall–Kier alpha value is -3.26. The number of hydrogen-bond acceptors (Lipinski definition) is 2. The van der Waals surface area contributed by atoms with Crippen molar-refractivity contribution in [3.05, 3.63) is 83.0 Å². The van der Waals surface area contributed by atoms with Crippen LogP contribution in [0.5, 0.6) is 5.75 Å². The van der Waals surface area contributed by atoms with Gasteiger partial charge in [-0.15, -0.1) is 0 Å². The summed E-state index contributed by atoms with van der Waals surface area (Å²) in [6.45, 7) is 14.7. The summed E-state index contributed by atoms with van der Waals surface area (Å²) in [7, 11) is 2.09. The molecule has 0 spiro atoms. The molecule has 0 unspecified atom stereocenters. The molecule has 0 atom stereocenters. The third-order valence-electron chi connectivity index (χ3n) is 6.46. The fourth-order valence-electron chi connectivity index (χ4n) is 4.67. The maximum atomic E-state index is 11.0. The zero-order valence-electron chi connectivity index (χ0n) is 18.7. The van der Waals surface area contributed by atoms with Crippen LogP contribution < -0.4 is 4.90 Å². The average Bonchev–Trinajstić information content (AvgIpc) is 2.73. The summed E-state index contributed by atoms with van der Waals surface area (Å²) in [6, 6.07) is 10.8. The van der Waals surface area contributed by atoms with Gasteiger partial charge in [0.05, 0.1) is 5.69 Å². The second kappa shape index (κ2) is 7.21. The lowest BCUT2D eigenvalue weighted by Gasteiger charge is -2.34. The topological polar surface area (TPSA) is 23.5 Å². The van der Waals surface area contributed by atoms with Gasteiger partial charge in [0.2, 0.25) is 0 Å². The summed E-state index contributed by atoms with van der Waals surface area (Å²) in [5, 5.41) is 13.1. The summed E-state index contributed by atoms with van der Waals surface area (Å²) in [5.74, 6) is 0.345. The second-order valence-corrected chi connectivity index (χ2v) is 8.15. The molecular formula is C28H29NO. The van der Waals surface area contributed by atoms with E-state index >= 15 is 0 Å². The zero-order chi connectivity index (χ0) is 21.7.